The minimum Gasteiger partial charge on any atom is -0.376 e. The summed E-state index contributed by atoms with van der Waals surface area (Å²) in [7, 11) is -3.53. The second-order valence-electron chi connectivity index (χ2n) is 8.43. The van der Waals surface area contributed by atoms with Gasteiger partial charge in [-0.25, -0.2) is 17.8 Å². The Morgan fingerprint density at radius 3 is 2.70 bits per heavy atom. The summed E-state index contributed by atoms with van der Waals surface area (Å²) in [5, 5.41) is 1.07. The first kappa shape index (κ1) is 23.1. The van der Waals surface area contributed by atoms with Gasteiger partial charge in [0.2, 0.25) is 10.0 Å². The van der Waals surface area contributed by atoms with E-state index in [1.54, 1.807) is 24.3 Å². The van der Waals surface area contributed by atoms with Gasteiger partial charge in [0.15, 0.2) is 5.16 Å². The van der Waals surface area contributed by atoms with E-state index < -0.39 is 10.0 Å². The van der Waals surface area contributed by atoms with E-state index in [1.165, 1.54) is 22.1 Å². The lowest BCUT2D eigenvalue weighted by atomic mass is 10.2. The number of ether oxygens (including phenoxy) is 1. The van der Waals surface area contributed by atoms with Gasteiger partial charge in [-0.05, 0) is 61.6 Å². The molecule has 2 aromatic carbocycles. The predicted molar refractivity (Wildman–Crippen MR) is 128 cm³/mol. The number of hydrogen-bond acceptors (Lipinski definition) is 5. The average molecular weight is 510 g/mol. The Bertz CT molecular complexity index is 1270. The van der Waals surface area contributed by atoms with E-state index in [1.807, 2.05) is 6.07 Å². The molecule has 3 heterocycles. The summed E-state index contributed by atoms with van der Waals surface area (Å²) in [6.45, 7) is 2.48. The van der Waals surface area contributed by atoms with Crippen LogP contribution in [-0.2, 0) is 27.1 Å². The van der Waals surface area contributed by atoms with E-state index in [9.17, 15) is 12.8 Å². The molecule has 0 saturated carbocycles. The number of nitrogens with zero attached hydrogens (tertiary/aromatic N) is 3. The summed E-state index contributed by atoms with van der Waals surface area (Å²) in [6.07, 6.45) is 3.85. The van der Waals surface area contributed by atoms with Crippen molar-refractivity contribution in [2.75, 3.05) is 19.7 Å². The fourth-order valence-electron chi connectivity index (χ4n) is 4.39. The molecular weight excluding hydrogens is 485 g/mol. The first-order valence-electron chi connectivity index (χ1n) is 11.1. The third kappa shape index (κ3) is 4.79. The second-order valence-corrected chi connectivity index (χ2v) is 11.7. The molecule has 0 spiro atoms. The Labute approximate surface area is 202 Å². The zero-order valence-electron chi connectivity index (χ0n) is 18.0. The summed E-state index contributed by atoms with van der Waals surface area (Å²) in [4.78, 5) is 5.02. The molecule has 176 valence electrons. The molecule has 0 radical (unpaired) electrons. The highest BCUT2D eigenvalue weighted by atomic mass is 35.5. The van der Waals surface area contributed by atoms with E-state index in [-0.39, 0.29) is 16.8 Å². The maximum atomic E-state index is 14.3. The fraction of sp³-hybridized carbons (Fsp3) is 0.435. The summed E-state index contributed by atoms with van der Waals surface area (Å²) in [5.41, 5.74) is 2.01. The number of benzene rings is 2. The molecule has 0 N–H and O–H groups in total. The lowest BCUT2D eigenvalue weighted by Gasteiger charge is -2.16. The largest absolute Gasteiger partial charge is 0.376 e. The molecule has 0 bridgehead atoms. The summed E-state index contributed by atoms with van der Waals surface area (Å²) < 4.78 is 49.8. The van der Waals surface area contributed by atoms with Crippen molar-refractivity contribution in [3.05, 3.63) is 52.8 Å². The Hall–Kier alpha value is -1.65. The lowest BCUT2D eigenvalue weighted by molar-refractivity contribution is 0.0960. The van der Waals surface area contributed by atoms with Crippen LogP contribution in [0.4, 0.5) is 4.39 Å². The van der Waals surface area contributed by atoms with E-state index >= 15 is 0 Å². The standard InChI is InChI=1S/C23H25ClFN3O3S2/c24-17-6-5-16(20(25)12-17)15-32-23-26-21-13-19(33(29,30)27-9-1-2-10-27)7-8-22(21)28(23)14-18-4-3-11-31-18/h5-8,12-13,18H,1-4,9-11,14-15H2/t18-/m1/s1. The molecule has 0 aliphatic carbocycles. The van der Waals surface area contributed by atoms with Gasteiger partial charge in [-0.1, -0.05) is 29.4 Å². The first-order chi connectivity index (χ1) is 15.9. The quantitative estimate of drug-likeness (QED) is 0.415. The topological polar surface area (TPSA) is 64.4 Å². The first-order valence-corrected chi connectivity index (χ1v) is 13.9. The Morgan fingerprint density at radius 2 is 1.97 bits per heavy atom. The Balaban J connectivity index is 1.48. The molecule has 1 aromatic heterocycles. The molecule has 0 amide bonds. The summed E-state index contributed by atoms with van der Waals surface area (Å²) >= 11 is 7.30. The van der Waals surface area contributed by atoms with Crippen molar-refractivity contribution >= 4 is 44.4 Å². The minimum absolute atomic E-state index is 0.0852. The number of thioether (sulfide) groups is 1. The number of fused-ring (bicyclic) bond motifs is 1. The van der Waals surface area contributed by atoms with Crippen molar-refractivity contribution in [3.63, 3.8) is 0 Å². The van der Waals surface area contributed by atoms with Crippen LogP contribution in [-0.4, -0.2) is 48.1 Å². The molecule has 5 rings (SSSR count). The molecule has 10 heteroatoms. The molecule has 6 nitrogen and oxygen atoms in total. The number of rotatable bonds is 7. The molecule has 0 unspecified atom stereocenters. The van der Waals surface area contributed by atoms with Gasteiger partial charge in [0.1, 0.15) is 5.82 Å². The third-order valence-electron chi connectivity index (χ3n) is 6.17. The number of aromatic nitrogens is 2. The van der Waals surface area contributed by atoms with Crippen LogP contribution in [0.1, 0.15) is 31.2 Å². The van der Waals surface area contributed by atoms with Gasteiger partial charge in [-0.2, -0.15) is 4.31 Å². The van der Waals surface area contributed by atoms with Gasteiger partial charge in [0, 0.05) is 30.5 Å². The summed E-state index contributed by atoms with van der Waals surface area (Å²) in [6, 6.07) is 9.80. The monoisotopic (exact) mass is 509 g/mol. The number of sulfonamides is 1. The van der Waals surface area contributed by atoms with Crippen molar-refractivity contribution < 1.29 is 17.5 Å². The van der Waals surface area contributed by atoms with Crippen LogP contribution in [0.2, 0.25) is 5.02 Å². The third-order valence-corrected chi connectivity index (χ3v) is 9.32. The van der Waals surface area contributed by atoms with Crippen molar-refractivity contribution in [1.82, 2.24) is 13.9 Å². The molecule has 1 atom stereocenters. The molecule has 33 heavy (non-hydrogen) atoms. The van der Waals surface area contributed by atoms with Gasteiger partial charge in [0.25, 0.3) is 0 Å². The number of hydrogen-bond donors (Lipinski definition) is 0. The van der Waals surface area contributed by atoms with Crippen LogP contribution in [0.5, 0.6) is 0 Å². The maximum absolute atomic E-state index is 14.3. The SMILES string of the molecule is O=S(=O)(c1ccc2c(c1)nc(SCc1ccc(Cl)cc1F)n2C[C@H]1CCCO1)N1CCCC1. The van der Waals surface area contributed by atoms with Crippen LogP contribution in [0.3, 0.4) is 0 Å². The maximum Gasteiger partial charge on any atom is 0.243 e. The van der Waals surface area contributed by atoms with Gasteiger partial charge in [0.05, 0.1) is 28.6 Å². The highest BCUT2D eigenvalue weighted by Crippen LogP contribution is 2.32. The molecule has 2 saturated heterocycles. The minimum atomic E-state index is -3.53. The lowest BCUT2D eigenvalue weighted by Crippen LogP contribution is -2.27. The molecule has 2 aliphatic rings. The second kappa shape index (κ2) is 9.54. The van der Waals surface area contributed by atoms with Crippen LogP contribution < -0.4 is 0 Å². The van der Waals surface area contributed by atoms with Gasteiger partial charge < -0.3 is 9.30 Å². The number of halogens is 2. The Kier molecular flexibility index (Phi) is 6.68. The van der Waals surface area contributed by atoms with Crippen molar-refractivity contribution in [2.45, 2.75) is 54.1 Å². The van der Waals surface area contributed by atoms with Crippen molar-refractivity contribution in [2.24, 2.45) is 0 Å². The van der Waals surface area contributed by atoms with E-state index in [2.05, 4.69) is 4.57 Å². The fourth-order valence-corrected chi connectivity index (χ4v) is 7.09. The van der Waals surface area contributed by atoms with Crippen molar-refractivity contribution in [1.29, 1.82) is 0 Å². The van der Waals surface area contributed by atoms with Crippen molar-refractivity contribution in [3.8, 4) is 0 Å². The number of imidazole rings is 1. The molecule has 3 aromatic rings. The normalized spacial score (nSPS) is 19.6. The summed E-state index contributed by atoms with van der Waals surface area (Å²) in [5.74, 6) is 0.0346. The average Bonchev–Trinajstić information content (AvgIpc) is 3.55. The van der Waals surface area contributed by atoms with E-state index in [0.717, 1.165) is 37.8 Å². The highest BCUT2D eigenvalue weighted by Gasteiger charge is 2.28. The molecule has 2 fully saturated rings. The highest BCUT2D eigenvalue weighted by molar-refractivity contribution is 7.98. The Morgan fingerprint density at radius 1 is 1.15 bits per heavy atom. The zero-order chi connectivity index (χ0) is 23.0. The van der Waals surface area contributed by atoms with Gasteiger partial charge in [-0.3, -0.25) is 0 Å². The van der Waals surface area contributed by atoms with Crippen LogP contribution >= 0.6 is 23.4 Å². The van der Waals surface area contributed by atoms with E-state index in [0.29, 0.717) is 46.6 Å². The molecule has 2 aliphatic heterocycles. The van der Waals surface area contributed by atoms with Gasteiger partial charge >= 0.3 is 0 Å². The van der Waals surface area contributed by atoms with Crippen LogP contribution in [0.25, 0.3) is 11.0 Å². The molecular formula is C23H25ClFN3O3S2. The predicted octanol–water partition coefficient (Wildman–Crippen LogP) is 5.08. The smallest absolute Gasteiger partial charge is 0.243 e. The van der Waals surface area contributed by atoms with Crippen LogP contribution in [0, 0.1) is 5.82 Å². The van der Waals surface area contributed by atoms with Gasteiger partial charge in [-0.15, -0.1) is 0 Å². The van der Waals surface area contributed by atoms with E-state index in [4.69, 9.17) is 21.3 Å². The zero-order valence-corrected chi connectivity index (χ0v) is 20.4. The van der Waals surface area contributed by atoms with Crippen LogP contribution in [0.15, 0.2) is 46.5 Å².